The van der Waals surface area contributed by atoms with Crippen LogP contribution < -0.4 is 10.2 Å². The Balaban J connectivity index is 1.35. The van der Waals surface area contributed by atoms with Crippen LogP contribution in [0.5, 0.6) is 0 Å². The number of hydrogen-bond acceptors (Lipinski definition) is 5. The number of piperidine rings is 1. The van der Waals surface area contributed by atoms with E-state index in [2.05, 4.69) is 25.4 Å². The number of aryl methyl sites for hydroxylation is 1. The van der Waals surface area contributed by atoms with E-state index in [0.717, 1.165) is 48.6 Å². The van der Waals surface area contributed by atoms with Gasteiger partial charge in [-0.05, 0) is 55.7 Å². The van der Waals surface area contributed by atoms with Crippen molar-refractivity contribution in [1.82, 2.24) is 15.2 Å². The molecule has 1 saturated heterocycles. The van der Waals surface area contributed by atoms with E-state index in [4.69, 9.17) is 11.6 Å². The maximum absolute atomic E-state index is 12.6. The molecular formula is C22H22ClN5O. The van der Waals surface area contributed by atoms with Crippen molar-refractivity contribution in [2.45, 2.75) is 19.8 Å². The molecule has 0 radical (unpaired) electrons. The Kier molecular flexibility index (Phi) is 5.71. The molecule has 0 unspecified atom stereocenters. The maximum Gasteiger partial charge on any atom is 0.228 e. The number of hydrogen-bond donors (Lipinski definition) is 1. The summed E-state index contributed by atoms with van der Waals surface area (Å²) in [6.07, 6.45) is 3.24. The summed E-state index contributed by atoms with van der Waals surface area (Å²) in [5.74, 6) is 1.50. The van der Waals surface area contributed by atoms with Gasteiger partial charge in [-0.15, -0.1) is 10.2 Å². The van der Waals surface area contributed by atoms with Crippen LogP contribution in [0.15, 0.2) is 54.7 Å². The van der Waals surface area contributed by atoms with E-state index in [9.17, 15) is 4.79 Å². The molecule has 2 aromatic heterocycles. The van der Waals surface area contributed by atoms with Crippen molar-refractivity contribution in [3.05, 3.63) is 65.3 Å². The molecule has 1 aliphatic rings. The van der Waals surface area contributed by atoms with Gasteiger partial charge < -0.3 is 10.2 Å². The Morgan fingerprint density at radius 1 is 1.07 bits per heavy atom. The minimum atomic E-state index is -0.0195. The number of rotatable bonds is 4. The fraction of sp³-hybridized carbons (Fsp3) is 0.273. The number of anilines is 2. The minimum Gasteiger partial charge on any atom is -0.355 e. The second kappa shape index (κ2) is 8.57. The first kappa shape index (κ1) is 19.3. The average molecular weight is 408 g/mol. The van der Waals surface area contributed by atoms with Crippen molar-refractivity contribution < 1.29 is 4.79 Å². The minimum absolute atomic E-state index is 0.0195. The van der Waals surface area contributed by atoms with E-state index < -0.39 is 0 Å². The summed E-state index contributed by atoms with van der Waals surface area (Å²) in [5, 5.41) is 12.4. The highest BCUT2D eigenvalue weighted by Crippen LogP contribution is 2.25. The molecule has 1 aliphatic heterocycles. The van der Waals surface area contributed by atoms with Crippen molar-refractivity contribution in [3.63, 3.8) is 0 Å². The third-order valence-electron chi connectivity index (χ3n) is 5.23. The van der Waals surface area contributed by atoms with Crippen molar-refractivity contribution in [2.75, 3.05) is 23.3 Å². The summed E-state index contributed by atoms with van der Waals surface area (Å²) in [4.78, 5) is 19.0. The van der Waals surface area contributed by atoms with Crippen LogP contribution in [-0.4, -0.2) is 34.2 Å². The summed E-state index contributed by atoms with van der Waals surface area (Å²) in [5.41, 5.74) is 2.76. The molecule has 4 rings (SSSR count). The Morgan fingerprint density at radius 2 is 1.83 bits per heavy atom. The molecule has 0 spiro atoms. The van der Waals surface area contributed by atoms with Crippen molar-refractivity contribution in [2.24, 2.45) is 5.92 Å². The molecule has 1 aromatic carbocycles. The number of aromatic nitrogens is 3. The SMILES string of the molecule is Cc1cccnc1NC(=O)C1CCN(c2ccc(-c3ccc(Cl)cc3)nn2)CC1. The van der Waals surface area contributed by atoms with Gasteiger partial charge in [0.25, 0.3) is 0 Å². The molecule has 3 heterocycles. The number of nitrogens with one attached hydrogen (secondary N) is 1. The van der Waals surface area contributed by atoms with E-state index in [1.165, 1.54) is 0 Å². The number of carbonyl (C=O) groups is 1. The molecule has 0 saturated carbocycles. The molecule has 3 aromatic rings. The lowest BCUT2D eigenvalue weighted by atomic mass is 9.96. The van der Waals surface area contributed by atoms with Crippen LogP contribution >= 0.6 is 11.6 Å². The first-order valence-corrected chi connectivity index (χ1v) is 10.0. The van der Waals surface area contributed by atoms with Crippen LogP contribution in [0.25, 0.3) is 11.3 Å². The Morgan fingerprint density at radius 3 is 2.48 bits per heavy atom. The molecule has 0 atom stereocenters. The van der Waals surface area contributed by atoms with Gasteiger partial charge in [-0.25, -0.2) is 4.98 Å². The highest BCUT2D eigenvalue weighted by molar-refractivity contribution is 6.30. The van der Waals surface area contributed by atoms with E-state index >= 15 is 0 Å². The van der Waals surface area contributed by atoms with Crippen LogP contribution in [0.2, 0.25) is 5.02 Å². The zero-order valence-electron chi connectivity index (χ0n) is 16.2. The summed E-state index contributed by atoms with van der Waals surface area (Å²) < 4.78 is 0. The molecule has 7 heteroatoms. The fourth-order valence-electron chi connectivity index (χ4n) is 3.47. The lowest BCUT2D eigenvalue weighted by molar-refractivity contribution is -0.120. The molecule has 6 nitrogen and oxygen atoms in total. The standard InChI is InChI=1S/C22H22ClN5O/c1-15-3-2-12-24-21(15)25-22(29)17-10-13-28(14-11-17)20-9-8-19(26-27-20)16-4-6-18(23)7-5-16/h2-9,12,17H,10-11,13-14H2,1H3,(H,24,25,29). The molecule has 29 heavy (non-hydrogen) atoms. The average Bonchev–Trinajstić information content (AvgIpc) is 2.76. The van der Waals surface area contributed by atoms with Crippen molar-refractivity contribution >= 4 is 29.1 Å². The van der Waals surface area contributed by atoms with Gasteiger partial charge in [-0.3, -0.25) is 4.79 Å². The first-order chi connectivity index (χ1) is 14.1. The third kappa shape index (κ3) is 4.54. The predicted molar refractivity (Wildman–Crippen MR) is 115 cm³/mol. The largest absolute Gasteiger partial charge is 0.355 e. The quantitative estimate of drug-likeness (QED) is 0.695. The zero-order chi connectivity index (χ0) is 20.2. The van der Waals surface area contributed by atoms with E-state index in [1.54, 1.807) is 6.20 Å². The Bertz CT molecular complexity index is 983. The van der Waals surface area contributed by atoms with Gasteiger partial charge >= 0.3 is 0 Å². The van der Waals surface area contributed by atoms with Crippen LogP contribution in [0, 0.1) is 12.8 Å². The third-order valence-corrected chi connectivity index (χ3v) is 5.48. The van der Waals surface area contributed by atoms with Gasteiger partial charge in [0.1, 0.15) is 5.82 Å². The molecule has 0 aliphatic carbocycles. The van der Waals surface area contributed by atoms with Crippen LogP contribution in [0.3, 0.4) is 0 Å². The number of carbonyl (C=O) groups excluding carboxylic acids is 1. The zero-order valence-corrected chi connectivity index (χ0v) is 16.9. The number of halogens is 1. The maximum atomic E-state index is 12.6. The van der Waals surface area contributed by atoms with E-state index in [-0.39, 0.29) is 11.8 Å². The molecule has 1 fully saturated rings. The summed E-state index contributed by atoms with van der Waals surface area (Å²) in [7, 11) is 0. The molecule has 148 valence electrons. The van der Waals surface area contributed by atoms with Gasteiger partial charge in [0.05, 0.1) is 5.69 Å². The molecule has 1 amide bonds. The second-order valence-corrected chi connectivity index (χ2v) is 7.64. The van der Waals surface area contributed by atoms with Gasteiger partial charge in [-0.2, -0.15) is 0 Å². The lowest BCUT2D eigenvalue weighted by Crippen LogP contribution is -2.38. The fourth-order valence-corrected chi connectivity index (χ4v) is 3.60. The molecule has 0 bridgehead atoms. The number of amides is 1. The summed E-state index contributed by atoms with van der Waals surface area (Å²) in [6.45, 7) is 3.49. The number of pyridine rings is 1. The number of nitrogens with zero attached hydrogens (tertiary/aromatic N) is 4. The Labute approximate surface area is 174 Å². The van der Waals surface area contributed by atoms with Crippen LogP contribution in [0.4, 0.5) is 11.6 Å². The van der Waals surface area contributed by atoms with E-state index in [1.807, 2.05) is 55.5 Å². The van der Waals surface area contributed by atoms with Gasteiger partial charge in [0.2, 0.25) is 5.91 Å². The van der Waals surface area contributed by atoms with Crippen molar-refractivity contribution in [1.29, 1.82) is 0 Å². The van der Waals surface area contributed by atoms with Gasteiger partial charge in [-0.1, -0.05) is 29.8 Å². The van der Waals surface area contributed by atoms with Gasteiger partial charge in [0.15, 0.2) is 5.82 Å². The predicted octanol–water partition coefficient (Wildman–Crippen LogP) is 4.36. The smallest absolute Gasteiger partial charge is 0.228 e. The second-order valence-electron chi connectivity index (χ2n) is 7.20. The van der Waals surface area contributed by atoms with Crippen LogP contribution in [-0.2, 0) is 4.79 Å². The van der Waals surface area contributed by atoms with Crippen LogP contribution in [0.1, 0.15) is 18.4 Å². The first-order valence-electron chi connectivity index (χ1n) is 9.67. The van der Waals surface area contributed by atoms with E-state index in [0.29, 0.717) is 10.8 Å². The highest BCUT2D eigenvalue weighted by atomic mass is 35.5. The number of benzene rings is 1. The summed E-state index contributed by atoms with van der Waals surface area (Å²) >= 11 is 5.94. The summed E-state index contributed by atoms with van der Waals surface area (Å²) in [6, 6.07) is 15.3. The van der Waals surface area contributed by atoms with Crippen molar-refractivity contribution in [3.8, 4) is 11.3 Å². The molecular weight excluding hydrogens is 386 g/mol. The molecule has 1 N–H and O–H groups in total. The Hall–Kier alpha value is -2.99. The highest BCUT2D eigenvalue weighted by Gasteiger charge is 2.26. The monoisotopic (exact) mass is 407 g/mol. The topological polar surface area (TPSA) is 71.0 Å². The van der Waals surface area contributed by atoms with Gasteiger partial charge in [0, 0.05) is 35.8 Å². The normalized spacial score (nSPS) is 14.6. The lowest BCUT2D eigenvalue weighted by Gasteiger charge is -2.31.